The summed E-state index contributed by atoms with van der Waals surface area (Å²) in [6.45, 7) is 13.0. The lowest BCUT2D eigenvalue weighted by molar-refractivity contribution is 0.399. The third-order valence-corrected chi connectivity index (χ3v) is 8.35. The normalized spacial score (nSPS) is 19.4. The first-order valence-electron chi connectivity index (χ1n) is 14.6. The molecule has 2 aliphatic carbocycles. The molecule has 198 valence electrons. The molecule has 4 nitrogen and oxygen atoms in total. The molecular formula is C33H46N4. The summed E-state index contributed by atoms with van der Waals surface area (Å²) < 4.78 is 0. The van der Waals surface area contributed by atoms with E-state index in [-0.39, 0.29) is 0 Å². The molecule has 2 heterocycles. The number of H-pyrrole nitrogens is 1. The van der Waals surface area contributed by atoms with Gasteiger partial charge in [0, 0.05) is 11.3 Å². The molecule has 4 heteroatoms. The number of aromatic nitrogens is 2. The number of nitrogens with zero attached hydrogens (tertiary/aromatic N) is 1. The first-order chi connectivity index (χ1) is 18.1. The fourth-order valence-corrected chi connectivity index (χ4v) is 6.65. The van der Waals surface area contributed by atoms with Crippen molar-refractivity contribution in [2.45, 2.75) is 96.9 Å². The van der Waals surface area contributed by atoms with Crippen LogP contribution in [0.3, 0.4) is 0 Å². The van der Waals surface area contributed by atoms with Gasteiger partial charge in [-0.2, -0.15) is 0 Å². The summed E-state index contributed by atoms with van der Waals surface area (Å²) in [5.41, 5.74) is 16.2. The second kappa shape index (κ2) is 12.1. The molecular weight excluding hydrogens is 452 g/mol. The van der Waals surface area contributed by atoms with Crippen molar-refractivity contribution in [3.63, 3.8) is 0 Å². The molecule has 1 saturated carbocycles. The van der Waals surface area contributed by atoms with Gasteiger partial charge in [0.1, 0.15) is 5.82 Å². The zero-order valence-electron chi connectivity index (χ0n) is 23.4. The van der Waals surface area contributed by atoms with E-state index < -0.39 is 0 Å². The van der Waals surface area contributed by atoms with Crippen LogP contribution in [0.5, 0.6) is 0 Å². The summed E-state index contributed by atoms with van der Waals surface area (Å²) in [5.74, 6) is 1.09. The van der Waals surface area contributed by atoms with Gasteiger partial charge in [-0.05, 0) is 78.3 Å². The summed E-state index contributed by atoms with van der Waals surface area (Å²) in [6, 6.07) is 13.7. The standard InChI is InChI=1S/C29H34N4.2C2H6/c1-19(30)20-7-9-21(10-8-20)22-11-12-23(24-13-16-29(27(22)24)14-3-4-15-29)26-18-32-28(33-26)25-6-2-5-17-31-25;2*1-2/h7-12,18,25,31H,1-6,13-17,30H2,(H,32,33);2*1-2H3. The smallest absolute Gasteiger partial charge is 0.123 e. The second-order valence-electron chi connectivity index (χ2n) is 10.3. The highest BCUT2D eigenvalue weighted by Gasteiger charge is 2.43. The van der Waals surface area contributed by atoms with Crippen molar-refractivity contribution in [3.8, 4) is 22.4 Å². The molecule has 0 radical (unpaired) electrons. The largest absolute Gasteiger partial charge is 0.399 e. The van der Waals surface area contributed by atoms with Crippen molar-refractivity contribution in [3.05, 3.63) is 71.7 Å². The second-order valence-corrected chi connectivity index (χ2v) is 10.3. The van der Waals surface area contributed by atoms with E-state index in [1.54, 1.807) is 5.56 Å². The number of benzene rings is 2. The molecule has 1 atom stereocenters. The van der Waals surface area contributed by atoms with Crippen LogP contribution < -0.4 is 11.1 Å². The molecule has 0 bridgehead atoms. The maximum absolute atomic E-state index is 5.92. The number of imidazole rings is 1. The SMILES string of the molecule is C=C(N)c1ccc(-c2ccc(-c3cnc(C4CCCCN4)[nH]3)c3c2C2(CCCC2)CC3)cc1.CC.CC. The zero-order valence-corrected chi connectivity index (χ0v) is 23.4. The van der Waals surface area contributed by atoms with Crippen LogP contribution in [0.2, 0.25) is 0 Å². The van der Waals surface area contributed by atoms with E-state index in [1.807, 2.05) is 27.7 Å². The Labute approximate surface area is 224 Å². The summed E-state index contributed by atoms with van der Waals surface area (Å²) in [5, 5.41) is 3.63. The number of hydrogen-bond donors (Lipinski definition) is 3. The molecule has 37 heavy (non-hydrogen) atoms. The fourth-order valence-electron chi connectivity index (χ4n) is 6.65. The molecule has 4 N–H and O–H groups in total. The highest BCUT2D eigenvalue weighted by Crippen LogP contribution is 2.55. The number of nitrogens with one attached hydrogen (secondary N) is 2. The van der Waals surface area contributed by atoms with Crippen molar-refractivity contribution in [2.24, 2.45) is 5.73 Å². The van der Waals surface area contributed by atoms with Crippen LogP contribution in [-0.2, 0) is 11.8 Å². The number of aromatic amines is 1. The van der Waals surface area contributed by atoms with E-state index in [9.17, 15) is 0 Å². The van der Waals surface area contributed by atoms with Crippen molar-refractivity contribution >= 4 is 5.70 Å². The number of nitrogens with two attached hydrogens (primary N) is 1. The third-order valence-electron chi connectivity index (χ3n) is 8.35. The summed E-state index contributed by atoms with van der Waals surface area (Å²) in [6.07, 6.45) is 13.5. The Morgan fingerprint density at radius 3 is 2.27 bits per heavy atom. The van der Waals surface area contributed by atoms with Crippen molar-refractivity contribution < 1.29 is 0 Å². The fraction of sp³-hybridized carbons (Fsp3) is 0.485. The minimum absolute atomic E-state index is 0.338. The Morgan fingerprint density at radius 1 is 0.919 bits per heavy atom. The van der Waals surface area contributed by atoms with Crippen LogP contribution in [-0.4, -0.2) is 16.5 Å². The van der Waals surface area contributed by atoms with Crippen molar-refractivity contribution in [1.29, 1.82) is 0 Å². The molecule has 0 amide bonds. The van der Waals surface area contributed by atoms with E-state index in [4.69, 9.17) is 10.7 Å². The summed E-state index contributed by atoms with van der Waals surface area (Å²) in [7, 11) is 0. The predicted octanol–water partition coefficient (Wildman–Crippen LogP) is 8.30. The maximum Gasteiger partial charge on any atom is 0.123 e. The van der Waals surface area contributed by atoms with Gasteiger partial charge in [-0.3, -0.25) is 0 Å². The molecule has 6 rings (SSSR count). The molecule has 1 spiro atoms. The maximum atomic E-state index is 5.92. The van der Waals surface area contributed by atoms with Gasteiger partial charge in [-0.1, -0.05) is 89.9 Å². The molecule has 3 aromatic rings. The molecule has 1 saturated heterocycles. The van der Waals surface area contributed by atoms with Gasteiger partial charge in [-0.25, -0.2) is 4.98 Å². The van der Waals surface area contributed by atoms with Gasteiger partial charge in [0.15, 0.2) is 0 Å². The van der Waals surface area contributed by atoms with Gasteiger partial charge in [0.25, 0.3) is 0 Å². The first kappa shape index (κ1) is 27.2. The van der Waals surface area contributed by atoms with Crippen molar-refractivity contribution in [2.75, 3.05) is 6.54 Å². The monoisotopic (exact) mass is 498 g/mol. The van der Waals surface area contributed by atoms with Gasteiger partial charge in [0.2, 0.25) is 0 Å². The Kier molecular flexibility index (Phi) is 8.91. The van der Waals surface area contributed by atoms with Crippen LogP contribution in [0, 0.1) is 0 Å². The average molecular weight is 499 g/mol. The molecule has 2 fully saturated rings. The molecule has 2 aromatic carbocycles. The van der Waals surface area contributed by atoms with E-state index >= 15 is 0 Å². The minimum Gasteiger partial charge on any atom is -0.399 e. The predicted molar refractivity (Wildman–Crippen MR) is 158 cm³/mol. The van der Waals surface area contributed by atoms with Crippen LogP contribution in [0.15, 0.2) is 49.2 Å². The van der Waals surface area contributed by atoms with Gasteiger partial charge >= 0.3 is 0 Å². The lowest BCUT2D eigenvalue weighted by Gasteiger charge is -2.28. The Hall–Kier alpha value is -2.85. The highest BCUT2D eigenvalue weighted by molar-refractivity contribution is 5.79. The third kappa shape index (κ3) is 5.27. The Balaban J connectivity index is 0.000000765. The molecule has 3 aliphatic rings. The van der Waals surface area contributed by atoms with E-state index in [1.165, 1.54) is 79.3 Å². The number of piperidine rings is 1. The zero-order chi connectivity index (χ0) is 26.4. The Morgan fingerprint density at radius 2 is 1.62 bits per heavy atom. The number of fused-ring (bicyclic) bond motifs is 2. The van der Waals surface area contributed by atoms with Crippen molar-refractivity contribution in [1.82, 2.24) is 15.3 Å². The van der Waals surface area contributed by atoms with Gasteiger partial charge < -0.3 is 16.0 Å². The van der Waals surface area contributed by atoms with Crippen LogP contribution >= 0.6 is 0 Å². The number of hydrogen-bond acceptors (Lipinski definition) is 3. The average Bonchev–Trinajstić information content (AvgIpc) is 3.73. The molecule has 1 aliphatic heterocycles. The number of rotatable bonds is 4. The highest BCUT2D eigenvalue weighted by atomic mass is 15.0. The molecule has 1 aromatic heterocycles. The topological polar surface area (TPSA) is 66.7 Å². The van der Waals surface area contributed by atoms with Gasteiger partial charge in [-0.15, -0.1) is 0 Å². The van der Waals surface area contributed by atoms with E-state index in [0.717, 1.165) is 24.4 Å². The van der Waals surface area contributed by atoms with E-state index in [2.05, 4.69) is 59.5 Å². The van der Waals surface area contributed by atoms with Crippen LogP contribution in [0.25, 0.3) is 28.1 Å². The van der Waals surface area contributed by atoms with Crippen LogP contribution in [0.1, 0.15) is 108 Å². The Bertz CT molecular complexity index is 1180. The lowest BCUT2D eigenvalue weighted by Crippen LogP contribution is -2.27. The minimum atomic E-state index is 0.338. The summed E-state index contributed by atoms with van der Waals surface area (Å²) >= 11 is 0. The molecule has 1 unspecified atom stereocenters. The van der Waals surface area contributed by atoms with Gasteiger partial charge in [0.05, 0.1) is 17.9 Å². The first-order valence-corrected chi connectivity index (χ1v) is 14.6. The quantitative estimate of drug-likeness (QED) is 0.339. The van der Waals surface area contributed by atoms with Crippen LogP contribution in [0.4, 0.5) is 0 Å². The van der Waals surface area contributed by atoms with E-state index in [0.29, 0.717) is 17.2 Å². The lowest BCUT2D eigenvalue weighted by atomic mass is 9.76. The summed E-state index contributed by atoms with van der Waals surface area (Å²) in [4.78, 5) is 8.49.